The second-order valence-electron chi connectivity index (χ2n) is 6.62. The summed E-state index contributed by atoms with van der Waals surface area (Å²) >= 11 is 0. The van der Waals surface area contributed by atoms with Crippen LogP contribution in [0.2, 0.25) is 0 Å². The minimum atomic E-state index is 0.808. The molecule has 0 aliphatic carbocycles. The van der Waals surface area contributed by atoms with Gasteiger partial charge in [-0.15, -0.1) is 0 Å². The Kier molecular flexibility index (Phi) is 6.05. The average molecular weight is 332 g/mol. The number of nitrogens with zero attached hydrogens (tertiary/aromatic N) is 2. The molecule has 2 aliphatic rings. The third-order valence-electron chi connectivity index (χ3n) is 4.83. The quantitative estimate of drug-likeness (QED) is 0.519. The van der Waals surface area contributed by atoms with Crippen LogP contribution in [0.5, 0.6) is 0 Å². The lowest BCUT2D eigenvalue weighted by Gasteiger charge is -2.37. The Hall–Kier alpha value is -2.35. The van der Waals surface area contributed by atoms with E-state index in [1.807, 2.05) is 25.3 Å². The third-order valence-corrected chi connectivity index (χ3v) is 4.83. The summed E-state index contributed by atoms with van der Waals surface area (Å²) < 4.78 is 0. The van der Waals surface area contributed by atoms with E-state index in [1.54, 1.807) is 0 Å². The van der Waals surface area contributed by atoms with Crippen molar-refractivity contribution < 1.29 is 0 Å². The summed E-state index contributed by atoms with van der Waals surface area (Å²) in [5, 5.41) is 0. The van der Waals surface area contributed by atoms with E-state index in [4.69, 9.17) is 0 Å². The monoisotopic (exact) mass is 332 g/mol. The number of rotatable bonds is 6. The lowest BCUT2D eigenvalue weighted by Crippen LogP contribution is -2.34. The van der Waals surface area contributed by atoms with Crippen LogP contribution in [0.4, 0.5) is 5.69 Å². The van der Waals surface area contributed by atoms with Crippen LogP contribution in [-0.4, -0.2) is 25.8 Å². The Morgan fingerprint density at radius 3 is 2.52 bits per heavy atom. The topological polar surface area (TPSA) is 15.6 Å². The highest BCUT2D eigenvalue weighted by molar-refractivity contribution is 5.74. The fraction of sp³-hybridized carbons (Fsp3) is 0.348. The van der Waals surface area contributed by atoms with Gasteiger partial charge in [-0.2, -0.15) is 0 Å². The van der Waals surface area contributed by atoms with Crippen molar-refractivity contribution in [3.05, 3.63) is 71.4 Å². The van der Waals surface area contributed by atoms with Gasteiger partial charge < -0.3 is 4.90 Å². The fourth-order valence-corrected chi connectivity index (χ4v) is 3.70. The molecule has 2 aliphatic heterocycles. The van der Waals surface area contributed by atoms with Gasteiger partial charge in [-0.05, 0) is 73.1 Å². The third kappa shape index (κ3) is 4.39. The smallest absolute Gasteiger partial charge is 0.0431 e. The van der Waals surface area contributed by atoms with Crippen molar-refractivity contribution >= 4 is 18.0 Å². The summed E-state index contributed by atoms with van der Waals surface area (Å²) in [6, 6.07) is 4.75. The van der Waals surface area contributed by atoms with E-state index in [0.717, 1.165) is 12.1 Å². The predicted octanol–water partition coefficient (Wildman–Crippen LogP) is 5.16. The predicted molar refractivity (Wildman–Crippen MR) is 111 cm³/mol. The molecule has 2 heteroatoms. The second kappa shape index (κ2) is 8.66. The highest BCUT2D eigenvalue weighted by atomic mass is 15.1. The maximum absolute atomic E-state index is 4.20. The fourth-order valence-electron chi connectivity index (χ4n) is 3.70. The van der Waals surface area contributed by atoms with Gasteiger partial charge in [0, 0.05) is 31.5 Å². The van der Waals surface area contributed by atoms with Crippen molar-refractivity contribution in [3.63, 3.8) is 0 Å². The number of allylic oxidation sites excluding steroid dienone is 6. The van der Waals surface area contributed by atoms with Crippen LogP contribution in [0.1, 0.15) is 36.5 Å². The highest BCUT2D eigenvalue weighted by Crippen LogP contribution is 2.36. The Morgan fingerprint density at radius 1 is 1.16 bits per heavy atom. The van der Waals surface area contributed by atoms with E-state index in [2.05, 4.69) is 52.9 Å². The van der Waals surface area contributed by atoms with Crippen LogP contribution in [0.15, 0.2) is 59.7 Å². The molecule has 0 atom stereocenters. The molecule has 0 saturated heterocycles. The summed E-state index contributed by atoms with van der Waals surface area (Å²) in [7, 11) is 0. The number of benzene rings is 1. The zero-order valence-corrected chi connectivity index (χ0v) is 15.2. The van der Waals surface area contributed by atoms with Gasteiger partial charge in [0.15, 0.2) is 0 Å². The van der Waals surface area contributed by atoms with E-state index in [0.29, 0.717) is 0 Å². The van der Waals surface area contributed by atoms with Gasteiger partial charge in [0.05, 0.1) is 0 Å². The van der Waals surface area contributed by atoms with Gasteiger partial charge in [0.2, 0.25) is 0 Å². The van der Waals surface area contributed by atoms with Crippen molar-refractivity contribution in [1.82, 2.24) is 0 Å². The molecule has 0 radical (unpaired) electrons. The van der Waals surface area contributed by atoms with Crippen LogP contribution in [0.25, 0.3) is 6.08 Å². The Bertz CT molecular complexity index is 703. The van der Waals surface area contributed by atoms with Gasteiger partial charge >= 0.3 is 0 Å². The molecular formula is C23H28N2. The molecule has 0 unspecified atom stereocenters. The standard InChI is InChI=1S/C23H28N2/c1-3-19(13-14-24-4-2)9-5-6-10-20-17-21-11-7-15-25-16-8-12-22(18-20)23(21)25/h3,5-6,9-10,13-14,17-18H,1,4,7-8,11-12,15-16H2,2H3/b9-5+,10-6+,19-13+,24-14?. The maximum atomic E-state index is 4.20. The van der Waals surface area contributed by atoms with E-state index >= 15 is 0 Å². The first-order valence-electron chi connectivity index (χ1n) is 9.40. The average Bonchev–Trinajstić information content (AvgIpc) is 2.64. The Labute approximate surface area is 152 Å². The molecule has 0 spiro atoms. The normalized spacial score (nSPS) is 17.6. The van der Waals surface area contributed by atoms with Crippen LogP contribution in [-0.2, 0) is 12.8 Å². The highest BCUT2D eigenvalue weighted by Gasteiger charge is 2.23. The maximum Gasteiger partial charge on any atom is 0.0431 e. The van der Waals surface area contributed by atoms with Gasteiger partial charge in [0.1, 0.15) is 0 Å². The van der Waals surface area contributed by atoms with E-state index < -0.39 is 0 Å². The van der Waals surface area contributed by atoms with Gasteiger partial charge in [-0.1, -0.05) is 37.0 Å². The first-order chi connectivity index (χ1) is 12.3. The molecule has 2 nitrogen and oxygen atoms in total. The zero-order valence-electron chi connectivity index (χ0n) is 15.2. The molecular weight excluding hydrogens is 304 g/mol. The summed E-state index contributed by atoms with van der Waals surface area (Å²) in [5.74, 6) is 0. The number of aryl methyl sites for hydroxylation is 2. The molecule has 0 N–H and O–H groups in total. The Morgan fingerprint density at radius 2 is 1.88 bits per heavy atom. The van der Waals surface area contributed by atoms with E-state index in [9.17, 15) is 0 Å². The lowest BCUT2D eigenvalue weighted by atomic mass is 9.90. The number of hydrogen-bond acceptors (Lipinski definition) is 2. The molecule has 0 amide bonds. The zero-order chi connectivity index (χ0) is 17.5. The van der Waals surface area contributed by atoms with Crippen molar-refractivity contribution in [1.29, 1.82) is 0 Å². The second-order valence-corrected chi connectivity index (χ2v) is 6.62. The molecule has 25 heavy (non-hydrogen) atoms. The summed E-state index contributed by atoms with van der Waals surface area (Å²) in [4.78, 5) is 6.79. The minimum Gasteiger partial charge on any atom is -0.371 e. The number of anilines is 1. The molecule has 2 heterocycles. The molecule has 0 saturated carbocycles. The van der Waals surface area contributed by atoms with Crippen LogP contribution < -0.4 is 4.90 Å². The first-order valence-corrected chi connectivity index (χ1v) is 9.40. The molecule has 1 aromatic carbocycles. The first kappa shape index (κ1) is 17.5. The van der Waals surface area contributed by atoms with Gasteiger partial charge in [-0.25, -0.2) is 0 Å². The summed E-state index contributed by atoms with van der Waals surface area (Å²) in [6.07, 6.45) is 19.1. The van der Waals surface area contributed by atoms with Crippen molar-refractivity contribution in [2.45, 2.75) is 32.6 Å². The molecule has 0 bridgehead atoms. The molecule has 0 fully saturated rings. The molecule has 130 valence electrons. The van der Waals surface area contributed by atoms with E-state index in [-0.39, 0.29) is 0 Å². The summed E-state index contributed by atoms with van der Waals surface area (Å²) in [5.41, 5.74) is 7.00. The van der Waals surface area contributed by atoms with Crippen LogP contribution in [0, 0.1) is 0 Å². The largest absolute Gasteiger partial charge is 0.371 e. The van der Waals surface area contributed by atoms with Crippen LogP contribution in [0.3, 0.4) is 0 Å². The van der Waals surface area contributed by atoms with Gasteiger partial charge in [-0.3, -0.25) is 4.99 Å². The van der Waals surface area contributed by atoms with Gasteiger partial charge in [0.25, 0.3) is 0 Å². The minimum absolute atomic E-state index is 0.808. The van der Waals surface area contributed by atoms with E-state index in [1.165, 1.54) is 61.2 Å². The molecule has 3 rings (SSSR count). The molecule has 1 aromatic rings. The SMILES string of the molecule is C=CC(/C=C/C=C/c1cc2c3c(c1)CCCN3CCC2)=C\C=NCC. The number of aliphatic imine (C=N–C) groups is 1. The number of hydrogen-bond donors (Lipinski definition) is 0. The van der Waals surface area contributed by atoms with Crippen LogP contribution >= 0.6 is 0 Å². The lowest BCUT2D eigenvalue weighted by molar-refractivity contribution is 0.634. The summed E-state index contributed by atoms with van der Waals surface area (Å²) in [6.45, 7) is 9.15. The van der Waals surface area contributed by atoms with Crippen molar-refractivity contribution in [2.24, 2.45) is 4.99 Å². The molecule has 0 aromatic heterocycles. The van der Waals surface area contributed by atoms with Crippen molar-refractivity contribution in [2.75, 3.05) is 24.5 Å². The van der Waals surface area contributed by atoms with Crippen molar-refractivity contribution in [3.8, 4) is 0 Å². The Balaban J connectivity index is 1.74.